The second-order valence-corrected chi connectivity index (χ2v) is 9.31. The van der Waals surface area contributed by atoms with Crippen molar-refractivity contribution < 1.29 is 22.7 Å². The molecule has 30 heavy (non-hydrogen) atoms. The number of para-hydroxylation sites is 2. The van der Waals surface area contributed by atoms with Crippen molar-refractivity contribution in [3.8, 4) is 11.5 Å². The molecule has 0 aliphatic rings. The molecule has 0 aliphatic heterocycles. The maximum absolute atomic E-state index is 12.4. The van der Waals surface area contributed by atoms with E-state index in [4.69, 9.17) is 9.47 Å². The molecule has 0 fully saturated rings. The van der Waals surface area contributed by atoms with Crippen LogP contribution >= 0.6 is 11.3 Å². The van der Waals surface area contributed by atoms with Gasteiger partial charge in [0, 0.05) is 11.3 Å². The molecule has 1 aromatic heterocycles. The summed E-state index contributed by atoms with van der Waals surface area (Å²) in [7, 11) is -2.05. The molecule has 0 spiro atoms. The van der Waals surface area contributed by atoms with Crippen molar-refractivity contribution in [1.82, 2.24) is 5.32 Å². The molecule has 158 valence electrons. The maximum Gasteiger partial charge on any atom is 0.271 e. The highest BCUT2D eigenvalue weighted by Crippen LogP contribution is 2.25. The van der Waals surface area contributed by atoms with Crippen molar-refractivity contribution >= 4 is 33.0 Å². The molecule has 2 aromatic carbocycles. The Morgan fingerprint density at radius 1 is 1.03 bits per heavy atom. The van der Waals surface area contributed by atoms with E-state index in [-0.39, 0.29) is 22.8 Å². The Morgan fingerprint density at radius 2 is 1.73 bits per heavy atom. The lowest BCUT2D eigenvalue weighted by atomic mass is 10.2. The van der Waals surface area contributed by atoms with Crippen LogP contribution in [-0.4, -0.2) is 34.1 Å². The summed E-state index contributed by atoms with van der Waals surface area (Å²) in [5.74, 6) is 0.943. The number of nitrogens with one attached hydrogen (secondary N) is 2. The first-order valence-corrected chi connectivity index (χ1v) is 11.5. The Kier molecular flexibility index (Phi) is 6.96. The summed E-state index contributed by atoms with van der Waals surface area (Å²) in [4.78, 5) is 12.4. The third-order valence-corrected chi connectivity index (χ3v) is 6.87. The van der Waals surface area contributed by atoms with Crippen LogP contribution in [0.4, 0.5) is 5.69 Å². The Morgan fingerprint density at radius 3 is 2.37 bits per heavy atom. The molecule has 1 heterocycles. The Bertz CT molecular complexity index is 1080. The Balaban J connectivity index is 1.55. The second-order valence-electron chi connectivity index (χ2n) is 6.45. The summed E-state index contributed by atoms with van der Waals surface area (Å²) in [5.41, 5.74) is 0.797. The highest BCUT2D eigenvalue weighted by molar-refractivity contribution is 7.94. The zero-order chi connectivity index (χ0) is 21.6. The van der Waals surface area contributed by atoms with Crippen LogP contribution in [0.25, 0.3) is 0 Å². The number of carbonyl (C=O) groups is 1. The minimum absolute atomic E-state index is 0.230. The molecule has 7 nitrogen and oxygen atoms in total. The van der Waals surface area contributed by atoms with E-state index < -0.39 is 10.0 Å². The number of thiophene rings is 1. The third-order valence-electron chi connectivity index (χ3n) is 4.09. The first kappa shape index (κ1) is 21.7. The van der Waals surface area contributed by atoms with Crippen LogP contribution in [0.3, 0.4) is 0 Å². The van der Waals surface area contributed by atoms with Crippen molar-refractivity contribution in [3.63, 3.8) is 0 Å². The number of sulfonamides is 1. The second kappa shape index (κ2) is 9.64. The van der Waals surface area contributed by atoms with Gasteiger partial charge >= 0.3 is 0 Å². The van der Waals surface area contributed by atoms with Crippen molar-refractivity contribution in [3.05, 3.63) is 71.6 Å². The van der Waals surface area contributed by atoms with Crippen LogP contribution in [-0.2, 0) is 10.0 Å². The lowest BCUT2D eigenvalue weighted by Crippen LogP contribution is -2.36. The molecule has 3 aromatic rings. The molecule has 0 saturated heterocycles. The van der Waals surface area contributed by atoms with Crippen LogP contribution < -0.4 is 19.5 Å². The normalized spacial score (nSPS) is 12.1. The van der Waals surface area contributed by atoms with E-state index in [2.05, 4.69) is 10.0 Å². The summed E-state index contributed by atoms with van der Waals surface area (Å²) in [5, 5.41) is 4.55. The number of benzene rings is 2. The minimum atomic E-state index is -3.62. The number of amides is 1. The number of hydrogen-bond acceptors (Lipinski definition) is 6. The van der Waals surface area contributed by atoms with Crippen LogP contribution in [0.1, 0.15) is 17.3 Å². The highest BCUT2D eigenvalue weighted by Gasteiger charge is 2.16. The van der Waals surface area contributed by atoms with E-state index in [1.807, 2.05) is 19.1 Å². The topological polar surface area (TPSA) is 93.7 Å². The standard InChI is InChI=1S/C21H22N2O5S2/c1-15(14-28-19-7-4-3-6-18(19)27-2)22-21(24)16-9-11-17(12-10-16)23-30(25,26)20-8-5-13-29-20/h3-13,15,23H,14H2,1-2H3,(H,22,24). The van der Waals surface area contributed by atoms with Gasteiger partial charge in [-0.25, -0.2) is 8.42 Å². The summed E-state index contributed by atoms with van der Waals surface area (Å²) in [6, 6.07) is 16.5. The van der Waals surface area contributed by atoms with Crippen LogP contribution in [0.5, 0.6) is 11.5 Å². The maximum atomic E-state index is 12.4. The van der Waals surface area contributed by atoms with E-state index in [1.54, 1.807) is 55.0 Å². The number of ether oxygens (including phenoxy) is 2. The molecule has 1 atom stereocenters. The van der Waals surface area contributed by atoms with Crippen molar-refractivity contribution in [2.75, 3.05) is 18.4 Å². The van der Waals surface area contributed by atoms with E-state index >= 15 is 0 Å². The van der Waals surface area contributed by atoms with Gasteiger partial charge in [0.25, 0.3) is 15.9 Å². The molecule has 3 rings (SSSR count). The van der Waals surface area contributed by atoms with E-state index in [1.165, 1.54) is 6.07 Å². The van der Waals surface area contributed by atoms with Crippen molar-refractivity contribution in [2.24, 2.45) is 0 Å². The van der Waals surface area contributed by atoms with Gasteiger partial charge in [-0.2, -0.15) is 0 Å². The zero-order valence-electron chi connectivity index (χ0n) is 16.5. The molecule has 2 N–H and O–H groups in total. The summed E-state index contributed by atoms with van der Waals surface area (Å²) >= 11 is 1.13. The summed E-state index contributed by atoms with van der Waals surface area (Å²) < 4.78 is 38.2. The average molecular weight is 447 g/mol. The molecule has 9 heteroatoms. The first-order chi connectivity index (χ1) is 14.4. The molecular formula is C21H22N2O5S2. The van der Waals surface area contributed by atoms with Gasteiger partial charge in [-0.05, 0) is 54.8 Å². The van der Waals surface area contributed by atoms with Crippen molar-refractivity contribution in [1.29, 1.82) is 0 Å². The quantitative estimate of drug-likeness (QED) is 0.522. The average Bonchev–Trinajstić information content (AvgIpc) is 3.29. The summed E-state index contributed by atoms with van der Waals surface area (Å²) in [6.45, 7) is 2.10. The Labute approximate surface area is 179 Å². The molecule has 0 aliphatic carbocycles. The number of anilines is 1. The molecular weight excluding hydrogens is 424 g/mol. The third kappa shape index (κ3) is 5.52. The fraction of sp³-hybridized carbons (Fsp3) is 0.190. The van der Waals surface area contributed by atoms with Gasteiger partial charge < -0.3 is 14.8 Å². The lowest BCUT2D eigenvalue weighted by molar-refractivity contribution is 0.0926. The van der Waals surface area contributed by atoms with Gasteiger partial charge in [-0.3, -0.25) is 9.52 Å². The number of carbonyl (C=O) groups excluding carboxylic acids is 1. The largest absolute Gasteiger partial charge is 0.493 e. The van der Waals surface area contributed by atoms with Gasteiger partial charge in [0.05, 0.1) is 13.2 Å². The van der Waals surface area contributed by atoms with Gasteiger partial charge in [0.1, 0.15) is 10.8 Å². The highest BCUT2D eigenvalue weighted by atomic mass is 32.2. The first-order valence-electron chi connectivity index (χ1n) is 9.12. The van der Waals surface area contributed by atoms with Crippen LogP contribution in [0.15, 0.2) is 70.3 Å². The monoisotopic (exact) mass is 446 g/mol. The van der Waals surface area contributed by atoms with Gasteiger partial charge in [0.15, 0.2) is 11.5 Å². The van der Waals surface area contributed by atoms with Crippen molar-refractivity contribution in [2.45, 2.75) is 17.2 Å². The molecule has 0 bridgehead atoms. The molecule has 1 amide bonds. The van der Waals surface area contributed by atoms with Crippen LogP contribution in [0.2, 0.25) is 0 Å². The fourth-order valence-electron chi connectivity index (χ4n) is 2.61. The summed E-state index contributed by atoms with van der Waals surface area (Å²) in [6.07, 6.45) is 0. The minimum Gasteiger partial charge on any atom is -0.493 e. The number of methoxy groups -OCH3 is 1. The SMILES string of the molecule is COc1ccccc1OCC(C)NC(=O)c1ccc(NS(=O)(=O)c2cccs2)cc1. The number of hydrogen-bond donors (Lipinski definition) is 2. The predicted octanol–water partition coefficient (Wildman–Crippen LogP) is 3.75. The van der Waals surface area contributed by atoms with E-state index in [0.717, 1.165) is 11.3 Å². The molecule has 0 saturated carbocycles. The predicted molar refractivity (Wildman–Crippen MR) is 117 cm³/mol. The smallest absolute Gasteiger partial charge is 0.271 e. The lowest BCUT2D eigenvalue weighted by Gasteiger charge is -2.16. The van der Waals surface area contributed by atoms with E-state index in [0.29, 0.717) is 22.7 Å². The van der Waals surface area contributed by atoms with Gasteiger partial charge in [-0.1, -0.05) is 18.2 Å². The van der Waals surface area contributed by atoms with Crippen LogP contribution in [0, 0.1) is 0 Å². The van der Waals surface area contributed by atoms with Gasteiger partial charge in [-0.15, -0.1) is 11.3 Å². The Hall–Kier alpha value is -3.04. The van der Waals surface area contributed by atoms with E-state index in [9.17, 15) is 13.2 Å². The fourth-order valence-corrected chi connectivity index (χ4v) is 4.66. The molecule has 1 unspecified atom stereocenters. The van der Waals surface area contributed by atoms with Gasteiger partial charge in [0.2, 0.25) is 0 Å². The molecule has 0 radical (unpaired) electrons. The zero-order valence-corrected chi connectivity index (χ0v) is 18.1. The number of rotatable bonds is 9.